The van der Waals surface area contributed by atoms with Crippen LogP contribution in [0.1, 0.15) is 54.4 Å². The lowest BCUT2D eigenvalue weighted by molar-refractivity contribution is -0.137. The molecule has 2 fully saturated rings. The van der Waals surface area contributed by atoms with Gasteiger partial charge >= 0.3 is 6.18 Å². The zero-order valence-corrected chi connectivity index (χ0v) is 16.7. The van der Waals surface area contributed by atoms with Gasteiger partial charge in [0.05, 0.1) is 34.6 Å². The summed E-state index contributed by atoms with van der Waals surface area (Å²) in [5.41, 5.74) is -1.99. The van der Waals surface area contributed by atoms with Gasteiger partial charge in [-0.1, -0.05) is 6.42 Å². The molecule has 0 spiro atoms. The Bertz CT molecular complexity index is 956. The van der Waals surface area contributed by atoms with Gasteiger partial charge in [0, 0.05) is 6.04 Å². The molecule has 1 aromatic rings. The van der Waals surface area contributed by atoms with E-state index in [1.807, 2.05) is 0 Å². The maximum absolute atomic E-state index is 13.1. The third kappa shape index (κ3) is 4.83. The van der Waals surface area contributed by atoms with E-state index in [1.165, 1.54) is 0 Å². The van der Waals surface area contributed by atoms with Gasteiger partial charge in [0.25, 0.3) is 5.91 Å². The Kier molecular flexibility index (Phi) is 5.56. The predicted octanol–water partition coefficient (Wildman–Crippen LogP) is 3.67. The second-order valence-corrected chi connectivity index (χ2v) is 9.75. The first-order valence-electron chi connectivity index (χ1n) is 9.34. The van der Waals surface area contributed by atoms with Crippen LogP contribution in [-0.2, 0) is 16.2 Å². The summed E-state index contributed by atoms with van der Waals surface area (Å²) in [7, 11) is -3.79. The maximum Gasteiger partial charge on any atom is 0.416 e. The van der Waals surface area contributed by atoms with Crippen molar-refractivity contribution in [1.29, 1.82) is 5.26 Å². The van der Waals surface area contributed by atoms with E-state index < -0.39 is 27.7 Å². The largest absolute Gasteiger partial charge is 0.416 e. The maximum atomic E-state index is 13.1. The van der Waals surface area contributed by atoms with Crippen molar-refractivity contribution in [3.05, 3.63) is 29.3 Å². The zero-order valence-electron chi connectivity index (χ0n) is 15.8. The third-order valence-corrected chi connectivity index (χ3v) is 6.42. The lowest BCUT2D eigenvalue weighted by Gasteiger charge is -2.45. The fraction of sp³-hybridized carbons (Fsp3) is 0.579. The minimum Gasteiger partial charge on any atom is -0.349 e. The number of sulfonamides is 1. The van der Waals surface area contributed by atoms with E-state index in [0.717, 1.165) is 37.7 Å². The SMILES string of the molecule is CS(=O)(=O)Nc1ccc(C(F)(F)F)cc1C(=O)NC1CCC2(C#N)CCCC1C2. The molecule has 6 nitrogen and oxygen atoms in total. The highest BCUT2D eigenvalue weighted by molar-refractivity contribution is 7.92. The molecule has 0 aromatic heterocycles. The Morgan fingerprint density at radius 1 is 1.28 bits per heavy atom. The normalized spacial score (nSPS) is 27.0. The summed E-state index contributed by atoms with van der Waals surface area (Å²) in [5.74, 6) is -0.680. The summed E-state index contributed by atoms with van der Waals surface area (Å²) in [5, 5.41) is 12.3. The van der Waals surface area contributed by atoms with Gasteiger partial charge in [0.1, 0.15) is 0 Å². The number of hydrogen-bond acceptors (Lipinski definition) is 4. The molecule has 2 saturated carbocycles. The van der Waals surface area contributed by atoms with Gasteiger partial charge in [0.2, 0.25) is 10.0 Å². The fourth-order valence-corrected chi connectivity index (χ4v) is 5.01. The second kappa shape index (κ2) is 7.52. The number of fused-ring (bicyclic) bond motifs is 2. The van der Waals surface area contributed by atoms with Crippen LogP contribution in [0.4, 0.5) is 18.9 Å². The monoisotopic (exact) mass is 429 g/mol. The lowest BCUT2D eigenvalue weighted by atomic mass is 9.61. The molecule has 2 aliphatic rings. The molecule has 0 radical (unpaired) electrons. The lowest BCUT2D eigenvalue weighted by Crippen LogP contribution is -2.48. The van der Waals surface area contributed by atoms with E-state index in [1.54, 1.807) is 0 Å². The van der Waals surface area contributed by atoms with Crippen LogP contribution in [-0.4, -0.2) is 26.6 Å². The molecule has 0 aliphatic heterocycles. The summed E-state index contributed by atoms with van der Waals surface area (Å²) in [6.07, 6.45) is 0.582. The average molecular weight is 429 g/mol. The Labute approximate surface area is 167 Å². The quantitative estimate of drug-likeness (QED) is 0.763. The average Bonchev–Trinajstić information content (AvgIpc) is 2.62. The number of amides is 1. The van der Waals surface area contributed by atoms with Crippen molar-refractivity contribution in [2.24, 2.45) is 11.3 Å². The third-order valence-electron chi connectivity index (χ3n) is 5.83. The van der Waals surface area contributed by atoms with Crippen LogP contribution in [0.3, 0.4) is 0 Å². The van der Waals surface area contributed by atoms with Crippen molar-refractivity contribution in [3.8, 4) is 6.07 Å². The van der Waals surface area contributed by atoms with E-state index in [9.17, 15) is 31.6 Å². The van der Waals surface area contributed by atoms with Crippen LogP contribution < -0.4 is 10.0 Å². The van der Waals surface area contributed by atoms with Crippen molar-refractivity contribution in [2.45, 2.75) is 50.7 Å². The van der Waals surface area contributed by atoms with Crippen molar-refractivity contribution >= 4 is 21.6 Å². The molecule has 3 rings (SSSR count). The standard InChI is InChI=1S/C19H22F3N3O3S/c1-29(27,28)25-16-5-4-13(19(20,21)22)9-14(16)17(26)24-15-6-8-18(11-23)7-2-3-12(15)10-18/h4-5,9,12,15,25H,2-3,6-8,10H2,1H3,(H,24,26). The molecular formula is C19H22F3N3O3S. The molecule has 3 atom stereocenters. The molecule has 0 heterocycles. The molecule has 29 heavy (non-hydrogen) atoms. The Morgan fingerprint density at radius 3 is 2.62 bits per heavy atom. The zero-order chi connectivity index (χ0) is 21.4. The van der Waals surface area contributed by atoms with Gasteiger partial charge in [-0.3, -0.25) is 9.52 Å². The number of alkyl halides is 3. The summed E-state index contributed by atoms with van der Waals surface area (Å²) < 4.78 is 64.6. The van der Waals surface area contributed by atoms with E-state index >= 15 is 0 Å². The summed E-state index contributed by atoms with van der Waals surface area (Å²) in [4.78, 5) is 12.8. The molecule has 0 saturated heterocycles. The number of hydrogen-bond donors (Lipinski definition) is 2. The highest BCUT2D eigenvalue weighted by atomic mass is 32.2. The molecule has 1 aromatic carbocycles. The number of halogens is 3. The van der Waals surface area contributed by atoms with Crippen LogP contribution in [0, 0.1) is 22.7 Å². The van der Waals surface area contributed by atoms with Gasteiger partial charge < -0.3 is 5.32 Å². The summed E-state index contributed by atoms with van der Waals surface area (Å²) >= 11 is 0. The van der Waals surface area contributed by atoms with Crippen LogP contribution in [0.2, 0.25) is 0 Å². The molecule has 3 unspecified atom stereocenters. The highest BCUT2D eigenvalue weighted by Gasteiger charge is 2.44. The Hall–Kier alpha value is -2.28. The summed E-state index contributed by atoms with van der Waals surface area (Å²) in [6.45, 7) is 0. The van der Waals surface area contributed by atoms with Crippen molar-refractivity contribution in [2.75, 3.05) is 11.0 Å². The van der Waals surface area contributed by atoms with Gasteiger partial charge in [-0.15, -0.1) is 0 Å². The predicted molar refractivity (Wildman–Crippen MR) is 100 cm³/mol. The molecular weight excluding hydrogens is 407 g/mol. The number of rotatable bonds is 4. The second-order valence-electron chi connectivity index (χ2n) is 8.00. The first kappa shape index (κ1) is 21.4. The van der Waals surface area contributed by atoms with E-state index in [0.29, 0.717) is 25.3 Å². The van der Waals surface area contributed by atoms with Gasteiger partial charge in [-0.05, 0) is 56.2 Å². The van der Waals surface area contributed by atoms with E-state index in [2.05, 4.69) is 16.1 Å². The van der Waals surface area contributed by atoms with E-state index in [4.69, 9.17) is 0 Å². The van der Waals surface area contributed by atoms with Gasteiger partial charge in [0.15, 0.2) is 0 Å². The number of nitrogens with one attached hydrogen (secondary N) is 2. The first-order chi connectivity index (χ1) is 13.4. The number of nitrogens with zero attached hydrogens (tertiary/aromatic N) is 1. The number of carbonyl (C=O) groups excluding carboxylic acids is 1. The van der Waals surface area contributed by atoms with Crippen LogP contribution >= 0.6 is 0 Å². The topological polar surface area (TPSA) is 99.1 Å². The number of carbonyl (C=O) groups is 1. The number of anilines is 1. The van der Waals surface area contributed by atoms with Crippen LogP contribution in [0.5, 0.6) is 0 Å². The first-order valence-corrected chi connectivity index (χ1v) is 11.2. The molecule has 10 heteroatoms. The smallest absolute Gasteiger partial charge is 0.349 e. The van der Waals surface area contributed by atoms with Crippen molar-refractivity contribution in [1.82, 2.24) is 5.32 Å². The highest BCUT2D eigenvalue weighted by Crippen LogP contribution is 2.48. The van der Waals surface area contributed by atoms with Crippen molar-refractivity contribution < 1.29 is 26.4 Å². The van der Waals surface area contributed by atoms with Crippen LogP contribution in [0.25, 0.3) is 0 Å². The molecule has 158 valence electrons. The molecule has 2 aliphatic carbocycles. The van der Waals surface area contributed by atoms with Gasteiger partial charge in [-0.2, -0.15) is 18.4 Å². The molecule has 2 N–H and O–H groups in total. The Morgan fingerprint density at radius 2 is 2.00 bits per heavy atom. The molecule has 2 bridgehead atoms. The minimum atomic E-state index is -4.67. The number of benzene rings is 1. The fourth-order valence-electron chi connectivity index (χ4n) is 4.44. The van der Waals surface area contributed by atoms with Crippen LogP contribution in [0.15, 0.2) is 18.2 Å². The summed E-state index contributed by atoms with van der Waals surface area (Å²) in [6, 6.07) is 4.47. The van der Waals surface area contributed by atoms with E-state index in [-0.39, 0.29) is 28.6 Å². The van der Waals surface area contributed by atoms with Gasteiger partial charge in [-0.25, -0.2) is 8.42 Å². The Balaban J connectivity index is 1.86. The number of nitriles is 1. The molecule has 1 amide bonds. The minimum absolute atomic E-state index is 0.0817. The van der Waals surface area contributed by atoms with Crippen molar-refractivity contribution in [3.63, 3.8) is 0 Å².